The standard InChI is InChI=1S/C29H19BrCl2N2O4/c1-16-12-19(30)8-10-25(16)34-28(36)23(27(35)33-29(34)37)14-22-21-5-3-2-4-17(21)7-11-26(22)38-15-18-6-9-20(31)13-24(18)32/h2-14H,15H2,1H3,(H,33,35,37)/b23-14-. The normalized spacial score (nSPS) is 14.8. The summed E-state index contributed by atoms with van der Waals surface area (Å²) < 4.78 is 6.93. The van der Waals surface area contributed by atoms with Crippen molar-refractivity contribution >= 4 is 79.5 Å². The molecule has 0 bridgehead atoms. The summed E-state index contributed by atoms with van der Waals surface area (Å²) in [5.74, 6) is -1.08. The molecule has 0 aliphatic carbocycles. The number of benzene rings is 4. The highest BCUT2D eigenvalue weighted by Crippen LogP contribution is 2.34. The highest BCUT2D eigenvalue weighted by Gasteiger charge is 2.37. The lowest BCUT2D eigenvalue weighted by molar-refractivity contribution is -0.122. The lowest BCUT2D eigenvalue weighted by Gasteiger charge is -2.27. The second kappa shape index (κ2) is 10.6. The number of anilines is 1. The highest BCUT2D eigenvalue weighted by atomic mass is 79.9. The molecule has 4 aromatic rings. The second-order valence-corrected chi connectivity index (χ2v) is 10.4. The molecule has 5 rings (SSSR count). The number of nitrogens with one attached hydrogen (secondary N) is 1. The number of rotatable bonds is 5. The summed E-state index contributed by atoms with van der Waals surface area (Å²) in [6.45, 7) is 1.91. The average Bonchev–Trinajstić information content (AvgIpc) is 2.87. The van der Waals surface area contributed by atoms with Crippen molar-refractivity contribution < 1.29 is 19.1 Å². The van der Waals surface area contributed by atoms with E-state index in [4.69, 9.17) is 27.9 Å². The third-order valence-electron chi connectivity index (χ3n) is 6.12. The van der Waals surface area contributed by atoms with Gasteiger partial charge in [0, 0.05) is 25.6 Å². The number of urea groups is 1. The minimum atomic E-state index is -0.811. The molecule has 4 aromatic carbocycles. The van der Waals surface area contributed by atoms with E-state index in [9.17, 15) is 14.4 Å². The maximum Gasteiger partial charge on any atom is 0.335 e. The molecule has 6 nitrogen and oxygen atoms in total. The number of barbiturate groups is 1. The van der Waals surface area contributed by atoms with Gasteiger partial charge < -0.3 is 4.74 Å². The first-order chi connectivity index (χ1) is 18.2. The van der Waals surface area contributed by atoms with E-state index in [-0.39, 0.29) is 12.2 Å². The van der Waals surface area contributed by atoms with E-state index in [1.165, 1.54) is 6.08 Å². The van der Waals surface area contributed by atoms with E-state index >= 15 is 0 Å². The molecule has 1 fully saturated rings. The maximum atomic E-state index is 13.6. The van der Waals surface area contributed by atoms with E-state index in [2.05, 4.69) is 21.2 Å². The number of ether oxygens (including phenoxy) is 1. The number of imide groups is 2. The number of amides is 4. The second-order valence-electron chi connectivity index (χ2n) is 8.61. The van der Waals surface area contributed by atoms with Gasteiger partial charge in [-0.1, -0.05) is 75.5 Å². The zero-order valence-corrected chi connectivity index (χ0v) is 23.0. The van der Waals surface area contributed by atoms with Gasteiger partial charge in [-0.25, -0.2) is 9.69 Å². The molecule has 0 atom stereocenters. The number of carbonyl (C=O) groups is 3. The fourth-order valence-electron chi connectivity index (χ4n) is 4.23. The van der Waals surface area contributed by atoms with Crippen LogP contribution in [0.1, 0.15) is 16.7 Å². The Morgan fingerprint density at radius 3 is 2.53 bits per heavy atom. The molecule has 0 radical (unpaired) electrons. The van der Waals surface area contributed by atoms with Crippen molar-refractivity contribution in [3.05, 3.63) is 110 Å². The van der Waals surface area contributed by atoms with Crippen molar-refractivity contribution in [1.82, 2.24) is 5.32 Å². The summed E-state index contributed by atoms with van der Waals surface area (Å²) in [4.78, 5) is 40.2. The van der Waals surface area contributed by atoms with Crippen molar-refractivity contribution in [3.8, 4) is 5.75 Å². The first-order valence-electron chi connectivity index (χ1n) is 11.5. The smallest absolute Gasteiger partial charge is 0.335 e. The van der Waals surface area contributed by atoms with E-state index in [0.717, 1.165) is 25.7 Å². The monoisotopic (exact) mass is 608 g/mol. The van der Waals surface area contributed by atoms with Crippen molar-refractivity contribution in [3.63, 3.8) is 0 Å². The summed E-state index contributed by atoms with van der Waals surface area (Å²) in [6, 6.07) is 20.7. The SMILES string of the molecule is Cc1cc(Br)ccc1N1C(=O)NC(=O)/C(=C/c2c(OCc3ccc(Cl)cc3Cl)ccc3ccccc23)C1=O. The van der Waals surface area contributed by atoms with E-state index in [1.807, 2.05) is 30.3 Å². The molecular weight excluding hydrogens is 591 g/mol. The number of hydrogen-bond acceptors (Lipinski definition) is 4. The fourth-order valence-corrected chi connectivity index (χ4v) is 5.17. The molecule has 38 heavy (non-hydrogen) atoms. The van der Waals surface area contributed by atoms with Crippen LogP contribution in [0.5, 0.6) is 5.75 Å². The van der Waals surface area contributed by atoms with Crippen LogP contribution in [-0.4, -0.2) is 17.8 Å². The van der Waals surface area contributed by atoms with E-state index in [0.29, 0.717) is 32.6 Å². The molecule has 0 aromatic heterocycles. The van der Waals surface area contributed by atoms with E-state index in [1.54, 1.807) is 49.4 Å². The molecular formula is C29H19BrCl2N2O4. The molecule has 1 aliphatic heterocycles. The Morgan fingerprint density at radius 1 is 0.974 bits per heavy atom. The molecule has 9 heteroatoms. The van der Waals surface area contributed by atoms with Crippen molar-refractivity contribution in [1.29, 1.82) is 0 Å². The van der Waals surface area contributed by atoms with Crippen LogP contribution in [0.4, 0.5) is 10.5 Å². The number of carbonyl (C=O) groups excluding carboxylic acids is 3. The minimum absolute atomic E-state index is 0.132. The lowest BCUT2D eigenvalue weighted by atomic mass is 9.99. The zero-order chi connectivity index (χ0) is 27.0. The maximum absolute atomic E-state index is 13.6. The van der Waals surface area contributed by atoms with E-state index < -0.39 is 17.8 Å². The quantitative estimate of drug-likeness (QED) is 0.188. The summed E-state index contributed by atoms with van der Waals surface area (Å²) in [6.07, 6.45) is 1.46. The molecule has 1 saturated heterocycles. The average molecular weight is 610 g/mol. The first-order valence-corrected chi connectivity index (χ1v) is 13.0. The summed E-state index contributed by atoms with van der Waals surface area (Å²) in [7, 11) is 0. The van der Waals surface area contributed by atoms with Crippen LogP contribution in [0.3, 0.4) is 0 Å². The summed E-state index contributed by atoms with van der Waals surface area (Å²) >= 11 is 15.7. The number of nitrogens with zero attached hydrogens (tertiary/aromatic N) is 1. The van der Waals surface area contributed by atoms with Gasteiger partial charge in [0.05, 0.1) is 5.69 Å². The van der Waals surface area contributed by atoms with Crippen LogP contribution in [0.2, 0.25) is 10.0 Å². The molecule has 0 spiro atoms. The van der Waals surface area contributed by atoms with Gasteiger partial charge in [-0.2, -0.15) is 0 Å². The zero-order valence-electron chi connectivity index (χ0n) is 19.9. The Hall–Kier alpha value is -3.65. The molecule has 4 amide bonds. The third kappa shape index (κ3) is 5.05. The Kier molecular flexibility index (Phi) is 7.25. The number of hydrogen-bond donors (Lipinski definition) is 1. The summed E-state index contributed by atoms with van der Waals surface area (Å²) in [5, 5.41) is 4.91. The predicted molar refractivity (Wildman–Crippen MR) is 153 cm³/mol. The van der Waals surface area contributed by atoms with Crippen LogP contribution >= 0.6 is 39.1 Å². The van der Waals surface area contributed by atoms with Gasteiger partial charge in [-0.3, -0.25) is 14.9 Å². The van der Waals surface area contributed by atoms with Crippen LogP contribution in [0, 0.1) is 6.92 Å². The fraction of sp³-hybridized carbons (Fsp3) is 0.0690. The van der Waals surface area contributed by atoms with Crippen LogP contribution in [-0.2, 0) is 16.2 Å². The van der Waals surface area contributed by atoms with Crippen molar-refractivity contribution in [2.75, 3.05) is 4.90 Å². The van der Waals surface area contributed by atoms with Gasteiger partial charge in [0.2, 0.25) is 0 Å². The van der Waals surface area contributed by atoms with Gasteiger partial charge >= 0.3 is 6.03 Å². The summed E-state index contributed by atoms with van der Waals surface area (Å²) in [5.41, 5.74) is 2.11. The Morgan fingerprint density at radius 2 is 1.76 bits per heavy atom. The number of halogens is 3. The van der Waals surface area contributed by atoms with Gasteiger partial charge in [-0.05, 0) is 65.7 Å². The number of fused-ring (bicyclic) bond motifs is 1. The lowest BCUT2D eigenvalue weighted by Crippen LogP contribution is -2.54. The Balaban J connectivity index is 1.59. The predicted octanol–water partition coefficient (Wildman–Crippen LogP) is 7.46. The van der Waals surface area contributed by atoms with Gasteiger partial charge in [-0.15, -0.1) is 0 Å². The van der Waals surface area contributed by atoms with Crippen LogP contribution in [0.15, 0.2) is 82.8 Å². The highest BCUT2D eigenvalue weighted by molar-refractivity contribution is 9.10. The molecule has 1 N–H and O–H groups in total. The number of aryl methyl sites for hydroxylation is 1. The van der Waals surface area contributed by atoms with Gasteiger partial charge in [0.1, 0.15) is 17.9 Å². The Labute approximate surface area is 236 Å². The van der Waals surface area contributed by atoms with Crippen LogP contribution in [0.25, 0.3) is 16.8 Å². The first kappa shape index (κ1) is 26.0. The Bertz CT molecular complexity index is 1670. The van der Waals surface area contributed by atoms with Crippen LogP contribution < -0.4 is 15.0 Å². The largest absolute Gasteiger partial charge is 0.488 e. The minimum Gasteiger partial charge on any atom is -0.488 e. The molecule has 1 aliphatic rings. The third-order valence-corrected chi connectivity index (χ3v) is 7.20. The van der Waals surface area contributed by atoms with Crippen molar-refractivity contribution in [2.45, 2.75) is 13.5 Å². The molecule has 1 heterocycles. The van der Waals surface area contributed by atoms with Gasteiger partial charge in [0.25, 0.3) is 11.8 Å². The molecule has 190 valence electrons. The van der Waals surface area contributed by atoms with Gasteiger partial charge in [0.15, 0.2) is 0 Å². The topological polar surface area (TPSA) is 75.7 Å². The molecule has 0 unspecified atom stereocenters. The van der Waals surface area contributed by atoms with Crippen molar-refractivity contribution in [2.24, 2.45) is 0 Å². The molecule has 0 saturated carbocycles.